The Morgan fingerprint density at radius 2 is 2.10 bits per heavy atom. The molecule has 1 aromatic heterocycles. The van der Waals surface area contributed by atoms with Crippen LogP contribution in [0.15, 0.2) is 28.7 Å². The molecule has 0 radical (unpaired) electrons. The molecule has 2 rings (SSSR count). The number of thiophene rings is 1. The summed E-state index contributed by atoms with van der Waals surface area (Å²) in [4.78, 5) is 0. The van der Waals surface area contributed by atoms with Gasteiger partial charge in [0, 0.05) is 16.1 Å². The topological polar surface area (TPSA) is 12.0 Å². The number of hydrogen-bond donors (Lipinski definition) is 1. The SMILES string of the molecule is CCNC(Cc1cc(F)ccc1Br)c1cc(Cl)sc1Cl. The van der Waals surface area contributed by atoms with E-state index in [1.165, 1.54) is 23.5 Å². The summed E-state index contributed by atoms with van der Waals surface area (Å²) in [6.45, 7) is 2.82. The quantitative estimate of drug-likeness (QED) is 0.668. The Labute approximate surface area is 140 Å². The summed E-state index contributed by atoms with van der Waals surface area (Å²) in [5.74, 6) is -0.243. The smallest absolute Gasteiger partial charge is 0.123 e. The van der Waals surface area contributed by atoms with Gasteiger partial charge < -0.3 is 5.32 Å². The van der Waals surface area contributed by atoms with Crippen LogP contribution >= 0.6 is 50.5 Å². The molecular weight excluding hydrogens is 384 g/mol. The summed E-state index contributed by atoms with van der Waals surface area (Å²) < 4.78 is 15.6. The van der Waals surface area contributed by atoms with Crippen molar-refractivity contribution in [3.05, 3.63) is 54.4 Å². The van der Waals surface area contributed by atoms with Crippen LogP contribution in [0.4, 0.5) is 4.39 Å². The maximum atomic E-state index is 13.4. The molecule has 1 atom stereocenters. The van der Waals surface area contributed by atoms with Crippen LogP contribution in [0.1, 0.15) is 24.1 Å². The van der Waals surface area contributed by atoms with E-state index in [9.17, 15) is 4.39 Å². The second kappa shape index (κ2) is 7.23. The molecule has 0 bridgehead atoms. The van der Waals surface area contributed by atoms with Gasteiger partial charge in [-0.15, -0.1) is 11.3 Å². The molecule has 1 aromatic carbocycles. The molecule has 1 heterocycles. The molecular formula is C14H13BrCl2FNS. The Bertz CT molecular complexity index is 603. The normalized spacial score (nSPS) is 12.7. The van der Waals surface area contributed by atoms with E-state index < -0.39 is 0 Å². The standard InChI is InChI=1S/C14H13BrCl2FNS/c1-2-19-12(10-7-13(16)20-14(10)17)6-8-5-9(18)3-4-11(8)15/h3-5,7,12,19H,2,6H2,1H3. The molecule has 0 saturated heterocycles. The summed E-state index contributed by atoms with van der Waals surface area (Å²) in [7, 11) is 0. The minimum absolute atomic E-state index is 0.00866. The van der Waals surface area contributed by atoms with Crippen molar-refractivity contribution >= 4 is 50.5 Å². The first kappa shape index (κ1) is 16.2. The lowest BCUT2D eigenvalue weighted by molar-refractivity contribution is 0.547. The lowest BCUT2D eigenvalue weighted by Crippen LogP contribution is -2.23. The molecule has 0 amide bonds. The second-order valence-corrected chi connectivity index (χ2v) is 7.47. The largest absolute Gasteiger partial charge is 0.310 e. The Morgan fingerprint density at radius 1 is 1.35 bits per heavy atom. The van der Waals surface area contributed by atoms with Crippen molar-refractivity contribution < 1.29 is 4.39 Å². The highest BCUT2D eigenvalue weighted by Crippen LogP contribution is 2.36. The molecule has 20 heavy (non-hydrogen) atoms. The third-order valence-corrected chi connectivity index (χ3v) is 5.23. The summed E-state index contributed by atoms with van der Waals surface area (Å²) >= 11 is 17.0. The van der Waals surface area contributed by atoms with Crippen LogP contribution in [-0.2, 0) is 6.42 Å². The van der Waals surface area contributed by atoms with Gasteiger partial charge in [-0.2, -0.15) is 0 Å². The summed E-state index contributed by atoms with van der Waals surface area (Å²) in [6.07, 6.45) is 0.638. The minimum atomic E-state index is -0.243. The molecule has 6 heteroatoms. The van der Waals surface area contributed by atoms with Crippen molar-refractivity contribution in [3.63, 3.8) is 0 Å². The van der Waals surface area contributed by atoms with Gasteiger partial charge in [0.2, 0.25) is 0 Å². The van der Waals surface area contributed by atoms with Gasteiger partial charge >= 0.3 is 0 Å². The van der Waals surface area contributed by atoms with E-state index in [0.717, 1.165) is 22.1 Å². The predicted molar refractivity (Wildman–Crippen MR) is 88.6 cm³/mol. The number of halogens is 4. The van der Waals surface area contributed by atoms with Gasteiger partial charge in [-0.1, -0.05) is 46.1 Å². The average molecular weight is 397 g/mol. The molecule has 0 spiro atoms. The Kier molecular flexibility index (Phi) is 5.87. The van der Waals surface area contributed by atoms with Gasteiger partial charge in [-0.05, 0) is 42.8 Å². The number of likely N-dealkylation sites (N-methyl/N-ethyl adjacent to an activating group) is 1. The molecule has 0 aliphatic carbocycles. The lowest BCUT2D eigenvalue weighted by atomic mass is 10.0. The molecule has 0 aliphatic heterocycles. The van der Waals surface area contributed by atoms with Crippen molar-refractivity contribution in [2.45, 2.75) is 19.4 Å². The van der Waals surface area contributed by atoms with Crippen molar-refractivity contribution in [1.82, 2.24) is 5.32 Å². The molecule has 1 N–H and O–H groups in total. The van der Waals surface area contributed by atoms with E-state index >= 15 is 0 Å². The number of hydrogen-bond acceptors (Lipinski definition) is 2. The van der Waals surface area contributed by atoms with E-state index in [4.69, 9.17) is 23.2 Å². The fourth-order valence-electron chi connectivity index (χ4n) is 2.05. The third kappa shape index (κ3) is 3.95. The monoisotopic (exact) mass is 395 g/mol. The van der Waals surface area contributed by atoms with Gasteiger partial charge in [0.25, 0.3) is 0 Å². The Balaban J connectivity index is 2.30. The van der Waals surface area contributed by atoms with Gasteiger partial charge in [-0.25, -0.2) is 4.39 Å². The number of nitrogens with one attached hydrogen (secondary N) is 1. The first-order valence-corrected chi connectivity index (χ1v) is 8.49. The summed E-state index contributed by atoms with van der Waals surface area (Å²) in [6, 6.07) is 6.57. The van der Waals surface area contributed by atoms with Crippen LogP contribution < -0.4 is 5.32 Å². The molecule has 2 aromatic rings. The molecule has 0 saturated carbocycles. The van der Waals surface area contributed by atoms with Crippen LogP contribution in [0.25, 0.3) is 0 Å². The van der Waals surface area contributed by atoms with Crippen molar-refractivity contribution in [3.8, 4) is 0 Å². The zero-order chi connectivity index (χ0) is 14.7. The van der Waals surface area contributed by atoms with Gasteiger partial charge in [0.1, 0.15) is 5.82 Å². The van der Waals surface area contributed by atoms with Gasteiger partial charge in [0.15, 0.2) is 0 Å². The fourth-order valence-corrected chi connectivity index (χ4v) is 4.04. The van der Waals surface area contributed by atoms with E-state index in [-0.39, 0.29) is 11.9 Å². The Morgan fingerprint density at radius 3 is 2.70 bits per heavy atom. The predicted octanol–water partition coefficient (Wildman–Crippen LogP) is 5.85. The van der Waals surface area contributed by atoms with Crippen molar-refractivity contribution in [2.24, 2.45) is 0 Å². The average Bonchev–Trinajstić information content (AvgIpc) is 2.72. The van der Waals surface area contributed by atoms with Crippen molar-refractivity contribution in [1.29, 1.82) is 0 Å². The molecule has 0 aliphatic rings. The zero-order valence-electron chi connectivity index (χ0n) is 10.7. The number of benzene rings is 1. The van der Waals surface area contributed by atoms with Crippen LogP contribution in [0.2, 0.25) is 8.67 Å². The van der Waals surface area contributed by atoms with Crippen LogP contribution in [0.5, 0.6) is 0 Å². The first-order chi connectivity index (χ1) is 9.51. The highest BCUT2D eigenvalue weighted by Gasteiger charge is 2.18. The molecule has 1 unspecified atom stereocenters. The maximum Gasteiger partial charge on any atom is 0.123 e. The summed E-state index contributed by atoms with van der Waals surface area (Å²) in [5, 5.41) is 3.37. The lowest BCUT2D eigenvalue weighted by Gasteiger charge is -2.18. The summed E-state index contributed by atoms with van der Waals surface area (Å²) in [5.41, 5.74) is 1.86. The van der Waals surface area contributed by atoms with E-state index in [0.29, 0.717) is 15.1 Å². The molecule has 0 fully saturated rings. The zero-order valence-corrected chi connectivity index (χ0v) is 14.6. The Hall–Kier alpha value is -0.130. The van der Waals surface area contributed by atoms with Crippen LogP contribution in [-0.4, -0.2) is 6.54 Å². The van der Waals surface area contributed by atoms with E-state index in [2.05, 4.69) is 21.2 Å². The van der Waals surface area contributed by atoms with Crippen LogP contribution in [0.3, 0.4) is 0 Å². The van der Waals surface area contributed by atoms with Gasteiger partial charge in [-0.3, -0.25) is 0 Å². The van der Waals surface area contributed by atoms with E-state index in [1.54, 1.807) is 6.07 Å². The van der Waals surface area contributed by atoms with E-state index in [1.807, 2.05) is 13.0 Å². The van der Waals surface area contributed by atoms with Crippen molar-refractivity contribution in [2.75, 3.05) is 6.54 Å². The number of rotatable bonds is 5. The maximum absolute atomic E-state index is 13.4. The molecule has 108 valence electrons. The second-order valence-electron chi connectivity index (χ2n) is 4.33. The molecule has 1 nitrogen and oxygen atoms in total. The van der Waals surface area contributed by atoms with Crippen LogP contribution in [0, 0.1) is 5.82 Å². The third-order valence-electron chi connectivity index (χ3n) is 2.94. The highest BCUT2D eigenvalue weighted by atomic mass is 79.9. The highest BCUT2D eigenvalue weighted by molar-refractivity contribution is 9.10. The minimum Gasteiger partial charge on any atom is -0.310 e. The fraction of sp³-hybridized carbons (Fsp3) is 0.286. The first-order valence-electron chi connectivity index (χ1n) is 6.13. The van der Waals surface area contributed by atoms with Gasteiger partial charge in [0.05, 0.1) is 8.67 Å².